The third kappa shape index (κ3) is 7.65. The molecule has 1 aromatic carbocycles. The van der Waals surface area contributed by atoms with Crippen molar-refractivity contribution in [1.29, 1.82) is 0 Å². The molecule has 3 aliphatic rings. The van der Waals surface area contributed by atoms with E-state index < -0.39 is 0 Å². The van der Waals surface area contributed by atoms with Crippen LogP contribution in [0.5, 0.6) is 11.5 Å². The van der Waals surface area contributed by atoms with Gasteiger partial charge in [-0.3, -0.25) is 14.3 Å². The molecule has 0 unspecified atom stereocenters. The van der Waals surface area contributed by atoms with Crippen molar-refractivity contribution in [3.8, 4) is 22.8 Å². The first kappa shape index (κ1) is 30.4. The predicted octanol–water partition coefficient (Wildman–Crippen LogP) is 5.50. The number of aromatic nitrogens is 2. The molecule has 0 spiro atoms. The van der Waals surface area contributed by atoms with Crippen LogP contribution in [0.25, 0.3) is 11.3 Å². The maximum atomic E-state index is 13.8. The third-order valence-electron chi connectivity index (χ3n) is 8.96. The standard InChI is InChI=1S/C33H49N5O4/c1-3-41-29-16-11-17-30(42-4-2)32(29)28-23-27(36-38(28)26-14-6-7-15-26)33(40)35-25(18-21-37-19-8-5-9-20-37)22-31(39)34-24-12-10-13-24/h11,16-17,23-26H,3-10,12-15,18-22H2,1-2H3,(H,34,39)(H,35,40)/t25-/m0/s1. The summed E-state index contributed by atoms with van der Waals surface area (Å²) < 4.78 is 14.1. The monoisotopic (exact) mass is 579 g/mol. The van der Waals surface area contributed by atoms with E-state index in [9.17, 15) is 9.59 Å². The smallest absolute Gasteiger partial charge is 0.272 e. The van der Waals surface area contributed by atoms with Crippen molar-refractivity contribution in [2.24, 2.45) is 0 Å². The maximum Gasteiger partial charge on any atom is 0.272 e. The molecule has 2 saturated carbocycles. The highest BCUT2D eigenvalue weighted by Gasteiger charge is 2.29. The van der Waals surface area contributed by atoms with Crippen molar-refractivity contribution in [2.75, 3.05) is 32.8 Å². The molecule has 2 aromatic rings. The van der Waals surface area contributed by atoms with Gasteiger partial charge in [0.15, 0.2) is 5.69 Å². The number of piperidine rings is 1. The Morgan fingerprint density at radius 1 is 0.952 bits per heavy atom. The number of rotatable bonds is 14. The van der Waals surface area contributed by atoms with Crippen molar-refractivity contribution in [3.63, 3.8) is 0 Å². The minimum Gasteiger partial charge on any atom is -0.493 e. The molecule has 1 aliphatic heterocycles. The van der Waals surface area contributed by atoms with E-state index in [2.05, 4.69) is 15.5 Å². The van der Waals surface area contributed by atoms with E-state index in [4.69, 9.17) is 14.6 Å². The van der Waals surface area contributed by atoms with Crippen LogP contribution in [0.3, 0.4) is 0 Å². The zero-order valence-electron chi connectivity index (χ0n) is 25.5. The molecule has 42 heavy (non-hydrogen) atoms. The number of likely N-dealkylation sites (tertiary alicyclic amines) is 1. The van der Waals surface area contributed by atoms with Crippen molar-refractivity contribution in [2.45, 2.75) is 109 Å². The van der Waals surface area contributed by atoms with Gasteiger partial charge in [0.2, 0.25) is 5.91 Å². The maximum absolute atomic E-state index is 13.8. The van der Waals surface area contributed by atoms with Gasteiger partial charge in [0.1, 0.15) is 11.5 Å². The van der Waals surface area contributed by atoms with Gasteiger partial charge in [0, 0.05) is 25.0 Å². The number of hydrogen-bond acceptors (Lipinski definition) is 6. The molecule has 1 saturated heterocycles. The Bertz CT molecular complexity index is 1160. The fourth-order valence-corrected chi connectivity index (χ4v) is 6.50. The summed E-state index contributed by atoms with van der Waals surface area (Å²) in [7, 11) is 0. The molecule has 1 aromatic heterocycles. The molecule has 0 radical (unpaired) electrons. The van der Waals surface area contributed by atoms with Crippen LogP contribution < -0.4 is 20.1 Å². The quantitative estimate of drug-likeness (QED) is 0.307. The van der Waals surface area contributed by atoms with Crippen LogP contribution in [0.2, 0.25) is 0 Å². The summed E-state index contributed by atoms with van der Waals surface area (Å²) in [5.41, 5.74) is 2.04. The van der Waals surface area contributed by atoms with Crippen LogP contribution in [0, 0.1) is 0 Å². The predicted molar refractivity (Wildman–Crippen MR) is 164 cm³/mol. The molecular formula is C33H49N5O4. The van der Waals surface area contributed by atoms with Gasteiger partial charge in [-0.2, -0.15) is 5.10 Å². The Balaban J connectivity index is 1.39. The Hall–Kier alpha value is -3.07. The summed E-state index contributed by atoms with van der Waals surface area (Å²) in [5, 5.41) is 11.3. The van der Waals surface area contributed by atoms with Gasteiger partial charge >= 0.3 is 0 Å². The van der Waals surface area contributed by atoms with Crippen LogP contribution in [-0.4, -0.2) is 71.4 Å². The Morgan fingerprint density at radius 2 is 1.64 bits per heavy atom. The van der Waals surface area contributed by atoms with Crippen LogP contribution in [0.15, 0.2) is 24.3 Å². The molecule has 2 amide bonds. The lowest BCUT2D eigenvalue weighted by molar-refractivity contribution is -0.122. The highest BCUT2D eigenvalue weighted by atomic mass is 16.5. The second kappa shape index (κ2) is 14.9. The van der Waals surface area contributed by atoms with Gasteiger partial charge in [-0.05, 0) is 96.5 Å². The van der Waals surface area contributed by atoms with Crippen molar-refractivity contribution in [1.82, 2.24) is 25.3 Å². The first-order valence-electron chi connectivity index (χ1n) is 16.4. The van der Waals surface area contributed by atoms with Crippen LogP contribution >= 0.6 is 0 Å². The minimum atomic E-state index is -0.255. The van der Waals surface area contributed by atoms with Crippen LogP contribution in [0.1, 0.15) is 107 Å². The highest BCUT2D eigenvalue weighted by molar-refractivity contribution is 5.94. The van der Waals surface area contributed by atoms with E-state index in [1.54, 1.807) is 0 Å². The lowest BCUT2D eigenvalue weighted by Gasteiger charge is -2.29. The Kier molecular flexibility index (Phi) is 10.8. The summed E-state index contributed by atoms with van der Waals surface area (Å²) in [6.07, 6.45) is 12.3. The zero-order valence-corrected chi connectivity index (χ0v) is 25.5. The molecule has 5 rings (SSSR count). The van der Waals surface area contributed by atoms with Crippen molar-refractivity contribution in [3.05, 3.63) is 30.0 Å². The third-order valence-corrected chi connectivity index (χ3v) is 8.96. The number of nitrogens with one attached hydrogen (secondary N) is 2. The number of hydrogen-bond donors (Lipinski definition) is 2. The summed E-state index contributed by atoms with van der Waals surface area (Å²) in [5.74, 6) is 1.23. The summed E-state index contributed by atoms with van der Waals surface area (Å²) in [4.78, 5) is 29.2. The molecule has 3 fully saturated rings. The first-order valence-corrected chi connectivity index (χ1v) is 16.4. The summed E-state index contributed by atoms with van der Waals surface area (Å²) >= 11 is 0. The molecular weight excluding hydrogens is 530 g/mol. The molecule has 230 valence electrons. The van der Waals surface area contributed by atoms with Gasteiger partial charge in [-0.15, -0.1) is 0 Å². The largest absolute Gasteiger partial charge is 0.493 e. The molecule has 2 aliphatic carbocycles. The second-order valence-electron chi connectivity index (χ2n) is 12.1. The molecule has 9 heteroatoms. The molecule has 1 atom stereocenters. The van der Waals surface area contributed by atoms with Gasteiger partial charge in [-0.1, -0.05) is 25.3 Å². The fourth-order valence-electron chi connectivity index (χ4n) is 6.50. The number of carbonyl (C=O) groups is 2. The molecule has 0 bridgehead atoms. The Morgan fingerprint density at radius 3 is 2.26 bits per heavy atom. The van der Waals surface area contributed by atoms with E-state index in [1.807, 2.05) is 42.8 Å². The van der Waals surface area contributed by atoms with Gasteiger partial charge in [-0.25, -0.2) is 0 Å². The number of nitrogens with zero attached hydrogens (tertiary/aromatic N) is 3. The number of benzene rings is 1. The zero-order chi connectivity index (χ0) is 29.3. The average Bonchev–Trinajstić information content (AvgIpc) is 3.65. The second-order valence-corrected chi connectivity index (χ2v) is 12.1. The Labute approximate surface area is 250 Å². The van der Waals surface area contributed by atoms with Gasteiger partial charge in [0.25, 0.3) is 5.91 Å². The molecule has 2 heterocycles. The van der Waals surface area contributed by atoms with E-state index >= 15 is 0 Å². The van der Waals surface area contributed by atoms with Crippen LogP contribution in [0.4, 0.5) is 0 Å². The summed E-state index contributed by atoms with van der Waals surface area (Å²) in [6.45, 7) is 8.04. The summed E-state index contributed by atoms with van der Waals surface area (Å²) in [6, 6.07) is 7.96. The minimum absolute atomic E-state index is 0.0211. The highest BCUT2D eigenvalue weighted by Crippen LogP contribution is 2.42. The van der Waals surface area contributed by atoms with E-state index in [0.29, 0.717) is 18.9 Å². The number of ether oxygens (including phenoxy) is 2. The lowest BCUT2D eigenvalue weighted by Crippen LogP contribution is -2.45. The van der Waals surface area contributed by atoms with E-state index in [1.165, 1.54) is 25.7 Å². The van der Waals surface area contributed by atoms with Crippen molar-refractivity contribution < 1.29 is 19.1 Å². The first-order chi connectivity index (χ1) is 20.6. The average molecular weight is 580 g/mol. The molecule has 9 nitrogen and oxygen atoms in total. The van der Waals surface area contributed by atoms with Crippen LogP contribution in [-0.2, 0) is 4.79 Å². The van der Waals surface area contributed by atoms with Crippen molar-refractivity contribution >= 4 is 11.8 Å². The normalized spacial score (nSPS) is 18.8. The SMILES string of the molecule is CCOc1cccc(OCC)c1-c1cc(C(=O)N[C@@H](CCN2CCCCC2)CC(=O)NC2CCC2)nn1C1CCCC1. The molecule has 2 N–H and O–H groups in total. The van der Waals surface area contributed by atoms with Gasteiger partial charge in [0.05, 0.1) is 30.5 Å². The number of amides is 2. The van der Waals surface area contributed by atoms with E-state index in [0.717, 1.165) is 87.3 Å². The van der Waals surface area contributed by atoms with Gasteiger partial charge < -0.3 is 25.0 Å². The fraction of sp³-hybridized carbons (Fsp3) is 0.667. The van der Waals surface area contributed by atoms with E-state index in [-0.39, 0.29) is 36.4 Å². The lowest BCUT2D eigenvalue weighted by atomic mass is 9.93. The number of carbonyl (C=O) groups excluding carboxylic acids is 2. The topological polar surface area (TPSA) is 97.7 Å².